The van der Waals surface area contributed by atoms with Gasteiger partial charge in [-0.15, -0.1) is 0 Å². The number of benzene rings is 1. The topological polar surface area (TPSA) is 44.0 Å². The van der Waals surface area contributed by atoms with E-state index in [9.17, 15) is 9.59 Å². The minimum Gasteiger partial charge on any atom is -0.267 e. The van der Waals surface area contributed by atoms with E-state index in [0.717, 1.165) is 38.5 Å². The van der Waals surface area contributed by atoms with Gasteiger partial charge in [0.2, 0.25) is 0 Å². The summed E-state index contributed by atoms with van der Waals surface area (Å²) in [6.07, 6.45) is 6.42. The second-order valence-electron chi connectivity index (χ2n) is 6.01. The van der Waals surface area contributed by atoms with E-state index in [1.54, 1.807) is 21.5 Å². The smallest absolute Gasteiger partial charge is 0.267 e. The highest BCUT2D eigenvalue weighted by Crippen LogP contribution is 2.35. The van der Waals surface area contributed by atoms with Crippen molar-refractivity contribution in [2.24, 2.45) is 0 Å². The van der Waals surface area contributed by atoms with Gasteiger partial charge in [0.1, 0.15) is 0 Å². The van der Waals surface area contributed by atoms with Gasteiger partial charge in [0.15, 0.2) is 0 Å². The van der Waals surface area contributed by atoms with Crippen molar-refractivity contribution in [3.63, 3.8) is 0 Å². The first-order valence-corrected chi connectivity index (χ1v) is 7.53. The van der Waals surface area contributed by atoms with Gasteiger partial charge in [-0.2, -0.15) is 0 Å². The Labute approximate surface area is 116 Å². The molecule has 0 aliphatic carbocycles. The molecule has 3 heterocycles. The summed E-state index contributed by atoms with van der Waals surface area (Å²) in [5.41, 5.74) is 0.0219. The van der Waals surface area contributed by atoms with Crippen LogP contribution in [0, 0.1) is 0 Å². The second kappa shape index (κ2) is 4.33. The number of nitrogens with zero attached hydrogens (tertiary/aromatic N) is 2. The van der Waals surface area contributed by atoms with Crippen LogP contribution in [0.15, 0.2) is 33.9 Å². The SMILES string of the molecule is O=c1c2ccccc2c(=O)n2n1C1CCCCC2CC1. The predicted molar refractivity (Wildman–Crippen MR) is 78.2 cm³/mol. The zero-order valence-corrected chi connectivity index (χ0v) is 11.4. The molecule has 4 nitrogen and oxygen atoms in total. The average Bonchev–Trinajstić information content (AvgIpc) is 2.44. The van der Waals surface area contributed by atoms with Crippen molar-refractivity contribution in [2.75, 3.05) is 0 Å². The Hall–Kier alpha value is -1.84. The molecule has 2 aliphatic rings. The van der Waals surface area contributed by atoms with Gasteiger partial charge in [-0.3, -0.25) is 9.59 Å². The van der Waals surface area contributed by atoms with Crippen LogP contribution in [-0.4, -0.2) is 9.36 Å². The molecule has 2 unspecified atom stereocenters. The number of fused-ring (bicyclic) bond motifs is 1. The fourth-order valence-corrected chi connectivity index (χ4v) is 3.90. The van der Waals surface area contributed by atoms with E-state index in [-0.39, 0.29) is 23.2 Å². The maximum absolute atomic E-state index is 12.8. The Morgan fingerprint density at radius 3 is 1.65 bits per heavy atom. The predicted octanol–water partition coefficient (Wildman–Crippen LogP) is 2.61. The van der Waals surface area contributed by atoms with Gasteiger partial charge >= 0.3 is 0 Å². The van der Waals surface area contributed by atoms with Crippen LogP contribution in [0.5, 0.6) is 0 Å². The largest absolute Gasteiger partial charge is 0.273 e. The first-order chi connectivity index (χ1) is 9.77. The number of aromatic nitrogens is 2. The van der Waals surface area contributed by atoms with Crippen molar-refractivity contribution in [3.8, 4) is 0 Å². The molecular weight excluding hydrogens is 252 g/mol. The monoisotopic (exact) mass is 270 g/mol. The fourth-order valence-electron chi connectivity index (χ4n) is 3.90. The van der Waals surface area contributed by atoms with Crippen molar-refractivity contribution in [3.05, 3.63) is 45.0 Å². The summed E-state index contributed by atoms with van der Waals surface area (Å²) in [5, 5.41) is 1.14. The maximum Gasteiger partial charge on any atom is 0.273 e. The minimum atomic E-state index is 0.0109. The number of rotatable bonds is 0. The molecule has 2 atom stereocenters. The Balaban J connectivity index is 2.15. The van der Waals surface area contributed by atoms with Gasteiger partial charge in [-0.25, -0.2) is 9.36 Å². The van der Waals surface area contributed by atoms with Crippen LogP contribution in [-0.2, 0) is 0 Å². The van der Waals surface area contributed by atoms with Crippen molar-refractivity contribution in [1.29, 1.82) is 0 Å². The van der Waals surface area contributed by atoms with E-state index in [0.29, 0.717) is 10.8 Å². The summed E-state index contributed by atoms with van der Waals surface area (Å²) in [7, 11) is 0. The van der Waals surface area contributed by atoms with Crippen LogP contribution in [0.4, 0.5) is 0 Å². The van der Waals surface area contributed by atoms with Gasteiger partial charge in [-0.05, 0) is 37.8 Å². The van der Waals surface area contributed by atoms with Crippen LogP contribution in [0.3, 0.4) is 0 Å². The molecule has 2 bridgehead atoms. The van der Waals surface area contributed by atoms with E-state index >= 15 is 0 Å². The van der Waals surface area contributed by atoms with Crippen molar-refractivity contribution in [1.82, 2.24) is 9.36 Å². The van der Waals surface area contributed by atoms with E-state index in [2.05, 4.69) is 0 Å². The van der Waals surface area contributed by atoms with E-state index < -0.39 is 0 Å². The summed E-state index contributed by atoms with van der Waals surface area (Å²) in [6.45, 7) is 0. The molecule has 1 aromatic carbocycles. The van der Waals surface area contributed by atoms with E-state index in [1.807, 2.05) is 12.1 Å². The molecule has 20 heavy (non-hydrogen) atoms. The second-order valence-corrected chi connectivity index (χ2v) is 6.01. The Bertz CT molecular complexity index is 721. The van der Waals surface area contributed by atoms with Crippen molar-refractivity contribution < 1.29 is 0 Å². The molecule has 0 amide bonds. The lowest BCUT2D eigenvalue weighted by atomic mass is 9.91. The third-order valence-corrected chi connectivity index (χ3v) is 4.89. The molecule has 104 valence electrons. The molecule has 2 aromatic rings. The summed E-state index contributed by atoms with van der Waals surface area (Å²) < 4.78 is 3.55. The Kier molecular flexibility index (Phi) is 2.59. The summed E-state index contributed by atoms with van der Waals surface area (Å²) in [6, 6.07) is 7.63. The summed E-state index contributed by atoms with van der Waals surface area (Å²) in [5.74, 6) is 0. The number of hydrogen-bond donors (Lipinski definition) is 0. The van der Waals surface area contributed by atoms with Gasteiger partial charge in [0.05, 0.1) is 22.9 Å². The lowest BCUT2D eigenvalue weighted by molar-refractivity contribution is 0.167. The standard InChI is InChI=1S/C16H18N2O2/c19-15-13-7-3-4-8-14(13)16(20)18-12-6-2-1-5-11(9-10-12)17(15)18/h3-4,7-8,11-12H,1-2,5-6,9-10H2. The van der Waals surface area contributed by atoms with Crippen LogP contribution in [0.25, 0.3) is 10.8 Å². The molecule has 0 spiro atoms. The van der Waals surface area contributed by atoms with E-state index in [1.165, 1.54) is 0 Å². The molecule has 0 saturated carbocycles. The van der Waals surface area contributed by atoms with Gasteiger partial charge in [0.25, 0.3) is 11.1 Å². The lowest BCUT2D eigenvalue weighted by Crippen LogP contribution is -2.46. The van der Waals surface area contributed by atoms with E-state index in [4.69, 9.17) is 0 Å². The third kappa shape index (κ3) is 1.54. The summed E-state index contributed by atoms with van der Waals surface area (Å²) in [4.78, 5) is 25.6. The highest BCUT2D eigenvalue weighted by molar-refractivity contribution is 5.80. The molecular formula is C16H18N2O2. The molecule has 0 saturated heterocycles. The molecule has 4 heteroatoms. The fraction of sp³-hybridized carbons (Fsp3) is 0.500. The summed E-state index contributed by atoms with van der Waals surface area (Å²) >= 11 is 0. The first kappa shape index (κ1) is 11.9. The zero-order valence-electron chi connectivity index (χ0n) is 11.4. The van der Waals surface area contributed by atoms with Crippen molar-refractivity contribution >= 4 is 10.8 Å². The molecule has 0 N–H and O–H groups in total. The quantitative estimate of drug-likeness (QED) is 0.738. The third-order valence-electron chi connectivity index (χ3n) is 4.89. The van der Waals surface area contributed by atoms with Crippen LogP contribution in [0.2, 0.25) is 0 Å². The normalized spacial score (nSPS) is 25.2. The van der Waals surface area contributed by atoms with Crippen LogP contribution in [0.1, 0.15) is 50.6 Å². The van der Waals surface area contributed by atoms with Gasteiger partial charge < -0.3 is 0 Å². The van der Waals surface area contributed by atoms with Gasteiger partial charge in [0, 0.05) is 0 Å². The van der Waals surface area contributed by atoms with Crippen LogP contribution >= 0.6 is 0 Å². The maximum atomic E-state index is 12.8. The average molecular weight is 270 g/mol. The lowest BCUT2D eigenvalue weighted by Gasteiger charge is -2.37. The van der Waals surface area contributed by atoms with Crippen LogP contribution < -0.4 is 11.1 Å². The molecule has 2 aliphatic heterocycles. The molecule has 4 rings (SSSR count). The zero-order chi connectivity index (χ0) is 13.7. The Morgan fingerprint density at radius 1 is 0.750 bits per heavy atom. The highest BCUT2D eigenvalue weighted by atomic mass is 16.2. The molecule has 0 radical (unpaired) electrons. The highest BCUT2D eigenvalue weighted by Gasteiger charge is 2.31. The minimum absolute atomic E-state index is 0.0109. The molecule has 0 fully saturated rings. The first-order valence-electron chi connectivity index (χ1n) is 7.53. The Morgan fingerprint density at radius 2 is 1.20 bits per heavy atom. The molecule has 1 aromatic heterocycles. The van der Waals surface area contributed by atoms with Crippen molar-refractivity contribution in [2.45, 2.75) is 50.6 Å². The van der Waals surface area contributed by atoms with Gasteiger partial charge in [-0.1, -0.05) is 25.0 Å². The number of hydrogen-bond acceptors (Lipinski definition) is 2.